The molecule has 13 heteroatoms. The molecule has 11 nitrogen and oxygen atoms in total. The normalized spacial score (nSPS) is 20.3. The molecule has 2 unspecified atom stereocenters. The number of aliphatic hydroxyl groups excluding tert-OH is 2. The number of carbonyl (C=O) groups excluding carboxylic acids is 1. The predicted molar refractivity (Wildman–Crippen MR) is 136 cm³/mol. The van der Waals surface area contributed by atoms with Crippen molar-refractivity contribution in [3.8, 4) is 10.6 Å². The van der Waals surface area contributed by atoms with Crippen molar-refractivity contribution in [3.63, 3.8) is 0 Å². The number of hydrogen-bond donors (Lipinski definition) is 5. The zero-order valence-corrected chi connectivity index (χ0v) is 21.2. The van der Waals surface area contributed by atoms with Crippen LogP contribution in [-0.2, 0) is 14.6 Å². The summed E-state index contributed by atoms with van der Waals surface area (Å²) in [4.78, 5) is 23.4. The summed E-state index contributed by atoms with van der Waals surface area (Å²) >= 11 is 1.54. The number of aromatic nitrogens is 2. The Hall–Kier alpha value is -2.68. The molecule has 3 heterocycles. The summed E-state index contributed by atoms with van der Waals surface area (Å²) in [5.74, 6) is -0.709. The maximum atomic E-state index is 11.9. The summed E-state index contributed by atoms with van der Waals surface area (Å²) in [7, 11) is -3.40. The number of anilines is 2. The molecule has 1 fully saturated rings. The second-order valence-electron chi connectivity index (χ2n) is 8.96. The monoisotopic (exact) mass is 520 g/mol. The highest BCUT2D eigenvalue weighted by Crippen LogP contribution is 2.34. The Bertz CT molecular complexity index is 1340. The van der Waals surface area contributed by atoms with Crippen LogP contribution in [0.15, 0.2) is 36.5 Å². The van der Waals surface area contributed by atoms with Gasteiger partial charge in [0.05, 0.1) is 16.1 Å². The number of carbonyl (C=O) groups is 1. The van der Waals surface area contributed by atoms with Gasteiger partial charge in [-0.3, -0.25) is 15.0 Å². The average molecular weight is 521 g/mol. The first-order chi connectivity index (χ1) is 16.4. The van der Waals surface area contributed by atoms with E-state index in [9.17, 15) is 23.4 Å². The number of nitrogens with zero attached hydrogens (tertiary/aromatic N) is 3. The number of thiophene rings is 1. The van der Waals surface area contributed by atoms with Crippen LogP contribution >= 0.6 is 11.3 Å². The van der Waals surface area contributed by atoms with Gasteiger partial charge >= 0.3 is 0 Å². The number of nitrogens with one attached hydrogen (secondary N) is 3. The molecule has 0 saturated carbocycles. The molecule has 5 N–H and O–H groups in total. The molecule has 188 valence electrons. The lowest BCUT2D eigenvalue weighted by molar-refractivity contribution is -0.113. The minimum absolute atomic E-state index is 0.439. The first-order valence-electron chi connectivity index (χ1n) is 10.9. The van der Waals surface area contributed by atoms with Crippen molar-refractivity contribution in [1.29, 1.82) is 0 Å². The Balaban J connectivity index is 1.43. The third-order valence-electron chi connectivity index (χ3n) is 5.75. The van der Waals surface area contributed by atoms with Crippen LogP contribution in [0.3, 0.4) is 0 Å². The van der Waals surface area contributed by atoms with Crippen molar-refractivity contribution in [3.05, 3.63) is 36.5 Å². The molecule has 0 bridgehead atoms. The minimum atomic E-state index is -3.40. The van der Waals surface area contributed by atoms with Crippen molar-refractivity contribution < 1.29 is 23.4 Å². The highest BCUT2D eigenvalue weighted by atomic mass is 32.2. The molecule has 0 spiro atoms. The molecule has 2 atom stereocenters. The minimum Gasteiger partial charge on any atom is -0.377 e. The molecule has 35 heavy (non-hydrogen) atoms. The lowest BCUT2D eigenvalue weighted by Crippen LogP contribution is -2.49. The highest BCUT2D eigenvalue weighted by Gasteiger charge is 2.45. The van der Waals surface area contributed by atoms with Crippen LogP contribution in [0.1, 0.15) is 13.8 Å². The van der Waals surface area contributed by atoms with E-state index in [-0.39, 0.29) is 0 Å². The van der Waals surface area contributed by atoms with Gasteiger partial charge in [0.2, 0.25) is 11.9 Å². The van der Waals surface area contributed by atoms with Crippen LogP contribution in [0.5, 0.6) is 0 Å². The predicted octanol–water partition coefficient (Wildman–Crippen LogP) is 1.03. The fraction of sp³-hybridized carbons (Fsp3) is 0.409. The van der Waals surface area contributed by atoms with Crippen molar-refractivity contribution in [2.45, 2.75) is 32.0 Å². The molecule has 1 aliphatic rings. The van der Waals surface area contributed by atoms with Crippen molar-refractivity contribution in [2.75, 3.05) is 35.7 Å². The van der Waals surface area contributed by atoms with Gasteiger partial charge in [-0.1, -0.05) is 0 Å². The second kappa shape index (κ2) is 9.76. The molecule has 1 aliphatic heterocycles. The molecule has 1 saturated heterocycles. The van der Waals surface area contributed by atoms with Crippen LogP contribution in [-0.4, -0.2) is 82.6 Å². The molecule has 1 amide bonds. The maximum absolute atomic E-state index is 11.9. The van der Waals surface area contributed by atoms with Crippen LogP contribution in [0.4, 0.5) is 11.6 Å². The number of sulfone groups is 1. The largest absolute Gasteiger partial charge is 0.377 e. The van der Waals surface area contributed by atoms with E-state index in [0.717, 1.165) is 26.9 Å². The van der Waals surface area contributed by atoms with Gasteiger partial charge in [-0.15, -0.1) is 11.3 Å². The second-order valence-corrected chi connectivity index (χ2v) is 12.2. The van der Waals surface area contributed by atoms with Crippen LogP contribution in [0.2, 0.25) is 0 Å². The number of benzene rings is 1. The summed E-state index contributed by atoms with van der Waals surface area (Å²) in [5.41, 5.74) is 0.626. The first kappa shape index (κ1) is 25.4. The summed E-state index contributed by atoms with van der Waals surface area (Å²) < 4.78 is 23.6. The van der Waals surface area contributed by atoms with Gasteiger partial charge < -0.3 is 20.8 Å². The Kier molecular flexibility index (Phi) is 7.09. The van der Waals surface area contributed by atoms with Gasteiger partial charge in [0.25, 0.3) is 0 Å². The Morgan fingerprint density at radius 3 is 2.71 bits per heavy atom. The van der Waals surface area contributed by atoms with E-state index >= 15 is 0 Å². The summed E-state index contributed by atoms with van der Waals surface area (Å²) in [6.07, 6.45) is 0.905. The fourth-order valence-electron chi connectivity index (χ4n) is 3.87. The summed E-state index contributed by atoms with van der Waals surface area (Å²) in [5, 5.41) is 29.5. The van der Waals surface area contributed by atoms with Crippen LogP contribution in [0.25, 0.3) is 20.7 Å². The van der Waals surface area contributed by atoms with E-state index < -0.39 is 39.6 Å². The van der Waals surface area contributed by atoms with Gasteiger partial charge in [-0.25, -0.2) is 18.4 Å². The van der Waals surface area contributed by atoms with Crippen molar-refractivity contribution >= 4 is 48.8 Å². The van der Waals surface area contributed by atoms with Gasteiger partial charge in [0.1, 0.15) is 12.0 Å². The fourth-order valence-corrected chi connectivity index (χ4v) is 5.43. The van der Waals surface area contributed by atoms with Crippen molar-refractivity contribution in [1.82, 2.24) is 20.2 Å². The van der Waals surface area contributed by atoms with Gasteiger partial charge in [-0.2, -0.15) is 0 Å². The molecule has 0 aliphatic carbocycles. The van der Waals surface area contributed by atoms with E-state index in [1.165, 1.54) is 11.3 Å². The summed E-state index contributed by atoms with van der Waals surface area (Å²) in [6, 6.07) is 9.15. The molecule has 4 rings (SSSR count). The molecular weight excluding hydrogens is 492 g/mol. The first-order valence-corrected chi connectivity index (χ1v) is 13.8. The Morgan fingerprint density at radius 1 is 1.26 bits per heavy atom. The third-order valence-corrected chi connectivity index (χ3v) is 7.67. The van der Waals surface area contributed by atoms with Gasteiger partial charge in [0.15, 0.2) is 16.2 Å². The molecule has 3 aromatic rings. The Morgan fingerprint density at radius 2 is 2.03 bits per heavy atom. The number of amides is 1. The van der Waals surface area contributed by atoms with E-state index in [0.29, 0.717) is 24.7 Å². The smallest absolute Gasteiger partial charge is 0.239 e. The SMILES string of the molecule is CC1(C)C(O)NC(O)N1CCNc1nccc(-c2cc3cc(NC(=O)CS(C)(=O)=O)ccc3s2)n1. The summed E-state index contributed by atoms with van der Waals surface area (Å²) in [6.45, 7) is 4.62. The third kappa shape index (κ3) is 5.94. The topological polar surface area (TPSA) is 157 Å². The maximum Gasteiger partial charge on any atom is 0.239 e. The molecule has 0 radical (unpaired) electrons. The van der Waals surface area contributed by atoms with Gasteiger partial charge in [0, 0.05) is 35.9 Å². The average Bonchev–Trinajstić information content (AvgIpc) is 3.26. The number of fused-ring (bicyclic) bond motifs is 1. The number of aliphatic hydroxyl groups is 2. The highest BCUT2D eigenvalue weighted by molar-refractivity contribution is 7.91. The zero-order valence-electron chi connectivity index (χ0n) is 19.5. The Labute approximate surface area is 207 Å². The number of hydrogen-bond acceptors (Lipinski definition) is 11. The van der Waals surface area contributed by atoms with E-state index in [1.54, 1.807) is 29.3 Å². The van der Waals surface area contributed by atoms with E-state index in [4.69, 9.17) is 0 Å². The zero-order chi connectivity index (χ0) is 25.4. The van der Waals surface area contributed by atoms with Crippen molar-refractivity contribution in [2.24, 2.45) is 0 Å². The molecule has 1 aromatic carbocycles. The standard InChI is InChI=1S/C22H28N6O5S2/c1-22(2)19(30)27-21(31)28(22)9-8-24-20-23-7-6-15(26-20)17-11-13-10-14(4-5-16(13)34-17)25-18(29)12-35(3,32)33/h4-7,10-11,19,21,27,30-31H,8-9,12H2,1-3H3,(H,25,29)(H,23,24,26). The molecule has 2 aromatic heterocycles. The number of rotatable bonds is 8. The van der Waals surface area contributed by atoms with E-state index in [2.05, 4.69) is 25.9 Å². The lowest BCUT2D eigenvalue weighted by atomic mass is 10.0. The van der Waals surface area contributed by atoms with Crippen LogP contribution in [0, 0.1) is 0 Å². The lowest BCUT2D eigenvalue weighted by Gasteiger charge is -2.33. The molecular formula is C22H28N6O5S2. The van der Waals surface area contributed by atoms with Gasteiger partial charge in [-0.05, 0) is 49.6 Å². The quantitative estimate of drug-likeness (QED) is 0.291. The van der Waals surface area contributed by atoms with Crippen LogP contribution < -0.4 is 16.0 Å². The van der Waals surface area contributed by atoms with E-state index in [1.807, 2.05) is 26.0 Å².